The lowest BCUT2D eigenvalue weighted by molar-refractivity contribution is -0.384. The van der Waals surface area contributed by atoms with Crippen LogP contribution >= 0.6 is 0 Å². The topological polar surface area (TPSA) is 102 Å². The Kier molecular flexibility index (Phi) is 6.81. The fourth-order valence-electron chi connectivity index (χ4n) is 2.13. The molecule has 0 aliphatic heterocycles. The van der Waals surface area contributed by atoms with Crippen LogP contribution < -0.4 is 10.1 Å². The first-order valence-electron chi connectivity index (χ1n) is 8.02. The number of hydrogen-bond acceptors (Lipinski definition) is 5. The Morgan fingerprint density at radius 3 is 2.67 bits per heavy atom. The minimum atomic E-state index is -0.606. The van der Waals surface area contributed by atoms with Gasteiger partial charge in [-0.2, -0.15) is 0 Å². The van der Waals surface area contributed by atoms with E-state index in [-0.39, 0.29) is 42.6 Å². The summed E-state index contributed by atoms with van der Waals surface area (Å²) in [7, 11) is 1.52. The van der Waals surface area contributed by atoms with Crippen molar-refractivity contribution >= 4 is 17.5 Å². The Morgan fingerprint density at radius 2 is 1.96 bits per heavy atom. The van der Waals surface area contributed by atoms with E-state index in [1.165, 1.54) is 42.3 Å². The number of nitro groups is 1. The van der Waals surface area contributed by atoms with Gasteiger partial charge in [0, 0.05) is 24.7 Å². The zero-order chi connectivity index (χ0) is 19.8. The number of hydrogen-bond donors (Lipinski definition) is 1. The zero-order valence-corrected chi connectivity index (χ0v) is 14.6. The van der Waals surface area contributed by atoms with Crippen molar-refractivity contribution in [3.8, 4) is 5.75 Å². The van der Waals surface area contributed by atoms with Gasteiger partial charge in [-0.15, -0.1) is 0 Å². The number of carbonyl (C=O) groups is 2. The largest absolute Gasteiger partial charge is 0.489 e. The van der Waals surface area contributed by atoms with E-state index in [0.29, 0.717) is 0 Å². The van der Waals surface area contributed by atoms with Gasteiger partial charge in [-0.1, -0.05) is 18.2 Å². The predicted molar refractivity (Wildman–Crippen MR) is 95.0 cm³/mol. The number of nitro benzene ring substituents is 1. The molecule has 0 aliphatic carbocycles. The molecule has 0 spiro atoms. The predicted octanol–water partition coefficient (Wildman–Crippen LogP) is 2.00. The molecule has 0 radical (unpaired) electrons. The number of carbonyl (C=O) groups excluding carboxylic acids is 2. The summed E-state index contributed by atoms with van der Waals surface area (Å²) in [5, 5.41) is 13.1. The number of ether oxygens (including phenoxy) is 1. The van der Waals surface area contributed by atoms with Gasteiger partial charge >= 0.3 is 0 Å². The summed E-state index contributed by atoms with van der Waals surface area (Å²) in [4.78, 5) is 35.5. The Labute approximate surface area is 154 Å². The number of nitrogens with zero attached hydrogens (tertiary/aromatic N) is 2. The lowest BCUT2D eigenvalue weighted by atomic mass is 10.2. The number of non-ortho nitro benzene ring substituents is 1. The second kappa shape index (κ2) is 9.27. The van der Waals surface area contributed by atoms with Crippen molar-refractivity contribution in [1.29, 1.82) is 0 Å². The highest BCUT2D eigenvalue weighted by Gasteiger charge is 2.14. The van der Waals surface area contributed by atoms with Crippen molar-refractivity contribution in [2.75, 3.05) is 26.7 Å². The Morgan fingerprint density at radius 1 is 1.22 bits per heavy atom. The molecular weight excluding hydrogens is 357 g/mol. The van der Waals surface area contributed by atoms with E-state index in [4.69, 9.17) is 4.74 Å². The second-order valence-electron chi connectivity index (χ2n) is 5.58. The van der Waals surface area contributed by atoms with Crippen LogP contribution in [-0.4, -0.2) is 48.4 Å². The maximum Gasteiger partial charge on any atom is 0.270 e. The molecule has 0 aromatic heterocycles. The van der Waals surface area contributed by atoms with Gasteiger partial charge < -0.3 is 15.0 Å². The summed E-state index contributed by atoms with van der Waals surface area (Å²) in [6.45, 7) is -0.000427. The molecular formula is C18H18FN3O5. The second-order valence-corrected chi connectivity index (χ2v) is 5.58. The molecule has 1 N–H and O–H groups in total. The first kappa shape index (κ1) is 19.8. The van der Waals surface area contributed by atoms with Crippen LogP contribution in [0.15, 0.2) is 48.5 Å². The van der Waals surface area contributed by atoms with Crippen LogP contribution in [0.4, 0.5) is 10.1 Å². The molecule has 0 atom stereocenters. The van der Waals surface area contributed by atoms with E-state index in [9.17, 15) is 24.1 Å². The number of halogens is 1. The molecule has 8 nitrogen and oxygen atoms in total. The van der Waals surface area contributed by atoms with E-state index < -0.39 is 16.6 Å². The van der Waals surface area contributed by atoms with Crippen molar-refractivity contribution in [3.63, 3.8) is 0 Å². The summed E-state index contributed by atoms with van der Waals surface area (Å²) in [5.74, 6) is -1.37. The van der Waals surface area contributed by atoms with E-state index >= 15 is 0 Å². The van der Waals surface area contributed by atoms with Gasteiger partial charge in [0.1, 0.15) is 6.61 Å². The average molecular weight is 375 g/mol. The molecule has 0 heterocycles. The number of nitrogens with one attached hydrogen (secondary N) is 1. The zero-order valence-electron chi connectivity index (χ0n) is 14.6. The highest BCUT2D eigenvalue weighted by atomic mass is 19.1. The highest BCUT2D eigenvalue weighted by molar-refractivity contribution is 5.96. The first-order chi connectivity index (χ1) is 12.9. The molecule has 0 fully saturated rings. The van der Waals surface area contributed by atoms with Crippen LogP contribution in [0.25, 0.3) is 0 Å². The van der Waals surface area contributed by atoms with Crippen LogP contribution in [0.2, 0.25) is 0 Å². The standard InChI is InChI=1S/C18H18FN3O5/c1-21(9-10-27-16-8-3-2-7-15(16)19)17(23)12-20-18(24)13-5-4-6-14(11-13)22(25)26/h2-8,11H,9-10,12H2,1H3,(H,20,24). The van der Waals surface area contributed by atoms with Crippen LogP contribution in [0.1, 0.15) is 10.4 Å². The lowest BCUT2D eigenvalue weighted by Gasteiger charge is -2.18. The van der Waals surface area contributed by atoms with Crippen LogP contribution in [-0.2, 0) is 4.79 Å². The third-order valence-corrected chi connectivity index (χ3v) is 3.67. The fourth-order valence-corrected chi connectivity index (χ4v) is 2.13. The normalized spacial score (nSPS) is 10.1. The monoisotopic (exact) mass is 375 g/mol. The Bertz CT molecular complexity index is 843. The summed E-state index contributed by atoms with van der Waals surface area (Å²) in [6.07, 6.45) is 0. The molecule has 142 valence electrons. The van der Waals surface area contributed by atoms with Crippen molar-refractivity contribution < 1.29 is 23.6 Å². The third-order valence-electron chi connectivity index (χ3n) is 3.67. The third kappa shape index (κ3) is 5.77. The van der Waals surface area contributed by atoms with E-state index in [0.717, 1.165) is 6.07 Å². The van der Waals surface area contributed by atoms with Crippen molar-refractivity contribution in [2.24, 2.45) is 0 Å². The van der Waals surface area contributed by atoms with Gasteiger partial charge in [0.2, 0.25) is 5.91 Å². The van der Waals surface area contributed by atoms with E-state index in [2.05, 4.69) is 5.32 Å². The van der Waals surface area contributed by atoms with Crippen molar-refractivity contribution in [1.82, 2.24) is 10.2 Å². The number of likely N-dealkylation sites (N-methyl/N-ethyl adjacent to an activating group) is 1. The smallest absolute Gasteiger partial charge is 0.270 e. The molecule has 0 bridgehead atoms. The molecule has 2 rings (SSSR count). The minimum Gasteiger partial charge on any atom is -0.489 e. The summed E-state index contributed by atoms with van der Waals surface area (Å²) < 4.78 is 18.7. The number of benzene rings is 2. The van der Waals surface area contributed by atoms with Gasteiger partial charge in [-0.3, -0.25) is 19.7 Å². The SMILES string of the molecule is CN(CCOc1ccccc1F)C(=O)CNC(=O)c1cccc([N+](=O)[O-])c1. The molecule has 2 aromatic carbocycles. The molecule has 2 aromatic rings. The molecule has 27 heavy (non-hydrogen) atoms. The Hall–Kier alpha value is -3.49. The van der Waals surface area contributed by atoms with Gasteiger partial charge in [-0.25, -0.2) is 4.39 Å². The van der Waals surface area contributed by atoms with E-state index in [1.807, 2.05) is 0 Å². The quantitative estimate of drug-likeness (QED) is 0.562. The van der Waals surface area contributed by atoms with Crippen LogP contribution in [0.5, 0.6) is 5.75 Å². The lowest BCUT2D eigenvalue weighted by Crippen LogP contribution is -2.39. The summed E-state index contributed by atoms with van der Waals surface area (Å²) >= 11 is 0. The molecule has 0 aliphatic rings. The maximum absolute atomic E-state index is 13.4. The molecule has 0 saturated heterocycles. The minimum absolute atomic E-state index is 0.0853. The van der Waals surface area contributed by atoms with Gasteiger partial charge in [-0.05, 0) is 18.2 Å². The Balaban J connectivity index is 1.79. The maximum atomic E-state index is 13.4. The molecule has 2 amide bonds. The van der Waals surface area contributed by atoms with Gasteiger partial charge in [0.05, 0.1) is 18.0 Å². The molecule has 0 saturated carbocycles. The molecule has 0 unspecified atom stereocenters. The van der Waals surface area contributed by atoms with Crippen molar-refractivity contribution in [3.05, 3.63) is 70.0 Å². The fraction of sp³-hybridized carbons (Fsp3) is 0.222. The first-order valence-corrected chi connectivity index (χ1v) is 8.02. The van der Waals surface area contributed by atoms with Gasteiger partial charge in [0.15, 0.2) is 11.6 Å². The molecule has 9 heteroatoms. The van der Waals surface area contributed by atoms with E-state index in [1.54, 1.807) is 12.1 Å². The van der Waals surface area contributed by atoms with Crippen molar-refractivity contribution in [2.45, 2.75) is 0 Å². The number of amides is 2. The number of para-hydroxylation sites is 1. The summed E-state index contributed by atoms with van der Waals surface area (Å²) in [5.41, 5.74) is -0.126. The highest BCUT2D eigenvalue weighted by Crippen LogP contribution is 2.15. The van der Waals surface area contributed by atoms with Gasteiger partial charge in [0.25, 0.3) is 11.6 Å². The average Bonchev–Trinajstić information content (AvgIpc) is 2.67. The summed E-state index contributed by atoms with van der Waals surface area (Å²) in [6, 6.07) is 11.1. The van der Waals surface area contributed by atoms with Crippen LogP contribution in [0.3, 0.4) is 0 Å². The van der Waals surface area contributed by atoms with Crippen LogP contribution in [0, 0.1) is 15.9 Å². The number of rotatable bonds is 8.